The molecule has 4 nitrogen and oxygen atoms in total. The van der Waals surface area contributed by atoms with Gasteiger partial charge < -0.3 is 9.55 Å². The smallest absolute Gasteiger partial charge is 0.178 e. The molecule has 2 aromatic heterocycles. The highest BCUT2D eigenvalue weighted by Gasteiger charge is 2.09. The minimum atomic E-state index is 0.695. The first-order valence-corrected chi connectivity index (χ1v) is 6.70. The Morgan fingerprint density at radius 1 is 1.42 bits per heavy atom. The molecule has 2 heterocycles. The molecule has 0 fully saturated rings. The molecule has 0 saturated heterocycles. The van der Waals surface area contributed by atoms with E-state index >= 15 is 0 Å². The second-order valence-electron chi connectivity index (χ2n) is 4.56. The molecule has 1 aromatic carbocycles. The number of H-pyrrole nitrogens is 1. The molecule has 0 spiro atoms. The topological polar surface area (TPSA) is 38.5 Å². The molecule has 0 radical (unpaired) electrons. The molecule has 19 heavy (non-hydrogen) atoms. The van der Waals surface area contributed by atoms with Crippen molar-refractivity contribution in [3.8, 4) is 0 Å². The number of aryl methyl sites for hydroxylation is 1. The number of nitrogens with zero attached hydrogens (tertiary/aromatic N) is 3. The van der Waals surface area contributed by atoms with E-state index < -0.39 is 0 Å². The first-order chi connectivity index (χ1) is 9.06. The zero-order valence-corrected chi connectivity index (χ0v) is 12.2. The van der Waals surface area contributed by atoms with Gasteiger partial charge in [-0.1, -0.05) is 11.6 Å². The van der Waals surface area contributed by atoms with Crippen LogP contribution in [0.4, 0.5) is 0 Å². The van der Waals surface area contributed by atoms with Crippen LogP contribution in [0.2, 0.25) is 5.02 Å². The van der Waals surface area contributed by atoms with Crippen LogP contribution in [0.1, 0.15) is 11.3 Å². The fourth-order valence-electron chi connectivity index (χ4n) is 2.16. The number of hydrogen-bond acceptors (Lipinski definition) is 2. The Morgan fingerprint density at radius 3 is 2.89 bits per heavy atom. The molecule has 3 rings (SSSR count). The summed E-state index contributed by atoms with van der Waals surface area (Å²) >= 11 is 11.4. The quantitative estimate of drug-likeness (QED) is 0.735. The predicted molar refractivity (Wildman–Crippen MR) is 79.2 cm³/mol. The molecule has 6 heteroatoms. The van der Waals surface area contributed by atoms with Crippen LogP contribution in [0.3, 0.4) is 0 Å². The van der Waals surface area contributed by atoms with Crippen LogP contribution in [0, 0.1) is 11.7 Å². The van der Waals surface area contributed by atoms with Gasteiger partial charge in [-0.25, -0.2) is 0 Å². The van der Waals surface area contributed by atoms with Gasteiger partial charge in [-0.2, -0.15) is 5.10 Å². The van der Waals surface area contributed by atoms with Gasteiger partial charge in [0, 0.05) is 23.3 Å². The lowest BCUT2D eigenvalue weighted by Crippen LogP contribution is -2.01. The number of imidazole rings is 1. The van der Waals surface area contributed by atoms with Crippen molar-refractivity contribution in [2.45, 2.75) is 13.5 Å². The summed E-state index contributed by atoms with van der Waals surface area (Å²) in [6.07, 6.45) is 1.88. The second kappa shape index (κ2) is 4.51. The fraction of sp³-hybridized carbons (Fsp3) is 0.231. The van der Waals surface area contributed by atoms with Crippen LogP contribution < -0.4 is 0 Å². The van der Waals surface area contributed by atoms with Crippen molar-refractivity contribution in [3.05, 3.63) is 45.4 Å². The number of aromatic amines is 1. The normalized spacial score (nSPS) is 11.3. The van der Waals surface area contributed by atoms with Crippen molar-refractivity contribution < 1.29 is 0 Å². The van der Waals surface area contributed by atoms with E-state index in [2.05, 4.69) is 21.6 Å². The van der Waals surface area contributed by atoms with Gasteiger partial charge in [0.25, 0.3) is 0 Å². The lowest BCUT2D eigenvalue weighted by molar-refractivity contribution is 0.732. The maximum atomic E-state index is 5.99. The standard InChI is InChI=1S/C13H13ClN4S/c1-8-9(6-15-17(8)2)7-18-12-4-3-10(14)5-11(12)16-13(18)19/h3-6H,7H2,1-2H3,(H,16,19). The third-order valence-corrected chi connectivity index (χ3v) is 3.96. The molecule has 0 atom stereocenters. The van der Waals surface area contributed by atoms with Crippen molar-refractivity contribution in [2.75, 3.05) is 0 Å². The number of aromatic nitrogens is 4. The number of benzene rings is 1. The minimum Gasteiger partial charge on any atom is -0.331 e. The summed E-state index contributed by atoms with van der Waals surface area (Å²) in [4.78, 5) is 3.18. The summed E-state index contributed by atoms with van der Waals surface area (Å²) in [6, 6.07) is 5.74. The Kier molecular flexibility index (Phi) is 2.95. The molecule has 0 aliphatic carbocycles. The van der Waals surface area contributed by atoms with Gasteiger partial charge in [0.05, 0.1) is 23.8 Å². The van der Waals surface area contributed by atoms with Crippen LogP contribution in [0.5, 0.6) is 0 Å². The minimum absolute atomic E-state index is 0.695. The monoisotopic (exact) mass is 292 g/mol. The first kappa shape index (κ1) is 12.4. The largest absolute Gasteiger partial charge is 0.331 e. The van der Waals surface area contributed by atoms with Crippen LogP contribution in [0.15, 0.2) is 24.4 Å². The molecule has 98 valence electrons. The van der Waals surface area contributed by atoms with Crippen molar-refractivity contribution in [3.63, 3.8) is 0 Å². The number of rotatable bonds is 2. The van der Waals surface area contributed by atoms with Crippen molar-refractivity contribution in [2.24, 2.45) is 7.05 Å². The van der Waals surface area contributed by atoms with E-state index in [1.54, 1.807) is 0 Å². The zero-order valence-electron chi connectivity index (χ0n) is 10.6. The number of fused-ring (bicyclic) bond motifs is 1. The van der Waals surface area contributed by atoms with Crippen molar-refractivity contribution in [1.29, 1.82) is 0 Å². The van der Waals surface area contributed by atoms with Crippen LogP contribution in [-0.4, -0.2) is 19.3 Å². The summed E-state index contributed by atoms with van der Waals surface area (Å²) in [7, 11) is 1.94. The van der Waals surface area contributed by atoms with E-state index in [1.165, 1.54) is 0 Å². The Hall–Kier alpha value is -1.59. The Labute approximate surface area is 120 Å². The van der Waals surface area contributed by atoms with Gasteiger partial charge in [0.15, 0.2) is 4.77 Å². The molecule has 0 saturated carbocycles. The third kappa shape index (κ3) is 2.09. The summed E-state index contributed by atoms with van der Waals surface area (Å²) < 4.78 is 4.62. The van der Waals surface area contributed by atoms with Crippen LogP contribution in [0.25, 0.3) is 11.0 Å². The molecule has 0 aliphatic rings. The van der Waals surface area contributed by atoms with Gasteiger partial charge in [0.1, 0.15) is 0 Å². The van der Waals surface area contributed by atoms with Gasteiger partial charge >= 0.3 is 0 Å². The summed E-state index contributed by atoms with van der Waals surface area (Å²) in [5.41, 5.74) is 4.32. The Bertz CT molecular complexity index is 812. The summed E-state index contributed by atoms with van der Waals surface area (Å²) in [5.74, 6) is 0. The molecule has 3 aromatic rings. The van der Waals surface area contributed by atoms with Gasteiger partial charge in [-0.15, -0.1) is 0 Å². The van der Waals surface area contributed by atoms with Crippen LogP contribution >= 0.6 is 23.8 Å². The van der Waals surface area contributed by atoms with Gasteiger partial charge in [-0.05, 0) is 37.3 Å². The summed E-state index contributed by atoms with van der Waals surface area (Å²) in [5, 5.41) is 4.96. The Morgan fingerprint density at radius 2 is 2.21 bits per heavy atom. The molecular formula is C13H13ClN4S. The molecule has 0 amide bonds. The van der Waals surface area contributed by atoms with Crippen molar-refractivity contribution >= 4 is 34.9 Å². The highest BCUT2D eigenvalue weighted by atomic mass is 35.5. The molecule has 1 N–H and O–H groups in total. The number of hydrogen-bond donors (Lipinski definition) is 1. The highest BCUT2D eigenvalue weighted by molar-refractivity contribution is 7.71. The zero-order chi connectivity index (χ0) is 13.6. The average molecular weight is 293 g/mol. The Balaban J connectivity index is 2.13. The van der Waals surface area contributed by atoms with Gasteiger partial charge in [0.2, 0.25) is 0 Å². The van der Waals surface area contributed by atoms with Gasteiger partial charge in [-0.3, -0.25) is 4.68 Å². The SMILES string of the molecule is Cc1c(Cn2c(=S)[nH]c3cc(Cl)ccc32)cnn1C. The van der Waals surface area contributed by atoms with E-state index in [1.807, 2.05) is 36.1 Å². The molecular weight excluding hydrogens is 280 g/mol. The van der Waals surface area contributed by atoms with E-state index in [0.29, 0.717) is 16.3 Å². The van der Waals surface area contributed by atoms with E-state index in [9.17, 15) is 0 Å². The number of halogens is 1. The average Bonchev–Trinajstić information content (AvgIpc) is 2.84. The maximum absolute atomic E-state index is 5.99. The fourth-order valence-corrected chi connectivity index (χ4v) is 2.61. The lowest BCUT2D eigenvalue weighted by Gasteiger charge is -2.04. The van der Waals surface area contributed by atoms with E-state index in [0.717, 1.165) is 22.3 Å². The second-order valence-corrected chi connectivity index (χ2v) is 5.38. The molecule has 0 aliphatic heterocycles. The third-order valence-electron chi connectivity index (χ3n) is 3.40. The molecule has 0 bridgehead atoms. The van der Waals surface area contributed by atoms with Crippen LogP contribution in [-0.2, 0) is 13.6 Å². The number of nitrogens with one attached hydrogen (secondary N) is 1. The summed E-state index contributed by atoms with van der Waals surface area (Å²) in [6.45, 7) is 2.76. The van der Waals surface area contributed by atoms with Crippen molar-refractivity contribution in [1.82, 2.24) is 19.3 Å². The van der Waals surface area contributed by atoms with E-state index in [4.69, 9.17) is 23.8 Å². The maximum Gasteiger partial charge on any atom is 0.178 e. The highest BCUT2D eigenvalue weighted by Crippen LogP contribution is 2.20. The van der Waals surface area contributed by atoms with E-state index in [-0.39, 0.29) is 0 Å². The lowest BCUT2D eigenvalue weighted by atomic mass is 10.2. The predicted octanol–water partition coefficient (Wildman–Crippen LogP) is 3.44. The molecule has 0 unspecified atom stereocenters. The first-order valence-electron chi connectivity index (χ1n) is 5.92.